The number of H-pyrrole nitrogens is 1. The molecule has 1 aliphatic carbocycles. The van der Waals surface area contributed by atoms with E-state index in [1.165, 1.54) is 6.08 Å². The van der Waals surface area contributed by atoms with E-state index in [9.17, 15) is 34.8 Å². The van der Waals surface area contributed by atoms with Crippen LogP contribution in [0, 0.1) is 5.41 Å². The fourth-order valence-electron chi connectivity index (χ4n) is 5.35. The molecule has 41 heavy (non-hydrogen) atoms. The molecule has 2 unspecified atom stereocenters. The van der Waals surface area contributed by atoms with Crippen molar-refractivity contribution in [2.45, 2.75) is 70.4 Å². The predicted molar refractivity (Wildman–Crippen MR) is 146 cm³/mol. The summed E-state index contributed by atoms with van der Waals surface area (Å²) in [5, 5.41) is 40.0. The van der Waals surface area contributed by atoms with Gasteiger partial charge < -0.3 is 39.6 Å². The van der Waals surface area contributed by atoms with Crippen LogP contribution < -0.4 is 0 Å². The van der Waals surface area contributed by atoms with Gasteiger partial charge in [0.05, 0.1) is 12.2 Å². The van der Waals surface area contributed by atoms with Crippen LogP contribution in [0.2, 0.25) is 0 Å². The van der Waals surface area contributed by atoms with Gasteiger partial charge in [-0.3, -0.25) is 4.79 Å². The fraction of sp³-hybridized carbons (Fsp3) is 0.433. The van der Waals surface area contributed by atoms with Crippen LogP contribution in [0.25, 0.3) is 10.9 Å². The van der Waals surface area contributed by atoms with E-state index in [4.69, 9.17) is 14.2 Å². The van der Waals surface area contributed by atoms with E-state index in [0.717, 1.165) is 11.6 Å². The highest BCUT2D eigenvalue weighted by molar-refractivity contribution is 6.04. The van der Waals surface area contributed by atoms with Crippen LogP contribution in [0.15, 0.2) is 65.9 Å². The van der Waals surface area contributed by atoms with Crippen molar-refractivity contribution < 1.29 is 49.0 Å². The Kier molecular flexibility index (Phi) is 8.67. The maximum atomic E-state index is 13.5. The third-order valence-electron chi connectivity index (χ3n) is 7.65. The van der Waals surface area contributed by atoms with E-state index < -0.39 is 60.3 Å². The molecule has 0 saturated carbocycles. The van der Waals surface area contributed by atoms with E-state index in [1.54, 1.807) is 38.3 Å². The Morgan fingerprint density at radius 1 is 1.15 bits per heavy atom. The molecule has 1 saturated heterocycles. The number of aliphatic hydroxyl groups is 4. The number of ketones is 1. The van der Waals surface area contributed by atoms with Crippen LogP contribution in [-0.4, -0.2) is 86.0 Å². The summed E-state index contributed by atoms with van der Waals surface area (Å²) in [6.07, 6.45) is -0.438. The Morgan fingerprint density at radius 3 is 2.54 bits per heavy atom. The van der Waals surface area contributed by atoms with E-state index >= 15 is 0 Å². The quantitative estimate of drug-likeness (QED) is 0.188. The number of para-hydroxylation sites is 1. The van der Waals surface area contributed by atoms with Gasteiger partial charge in [0.2, 0.25) is 6.29 Å². The zero-order chi connectivity index (χ0) is 30.1. The maximum absolute atomic E-state index is 13.5. The van der Waals surface area contributed by atoms with Crippen LogP contribution in [0.1, 0.15) is 44.5 Å². The molecular weight excluding hydrogens is 534 g/mol. The molecule has 0 radical (unpaired) electrons. The number of aliphatic hydroxyl groups excluding tert-OH is 4. The highest BCUT2D eigenvalue weighted by Crippen LogP contribution is 2.47. The smallest absolute Gasteiger partial charge is 0.341 e. The second kappa shape index (κ2) is 11.7. The summed E-state index contributed by atoms with van der Waals surface area (Å²) in [6.45, 7) is 6.28. The van der Waals surface area contributed by atoms with Gasteiger partial charge in [0.15, 0.2) is 11.4 Å². The minimum atomic E-state index is -1.73. The number of benzene rings is 1. The first-order chi connectivity index (χ1) is 19.3. The van der Waals surface area contributed by atoms with Gasteiger partial charge in [-0.2, -0.15) is 0 Å². The number of carbonyl (C=O) groups excluding carboxylic acids is 3. The number of rotatable bonds is 7. The zero-order valence-corrected chi connectivity index (χ0v) is 23.2. The third-order valence-corrected chi connectivity index (χ3v) is 7.65. The third kappa shape index (κ3) is 5.90. The molecule has 0 spiro atoms. The second-order valence-corrected chi connectivity index (χ2v) is 11.1. The van der Waals surface area contributed by atoms with Crippen LogP contribution in [0.4, 0.5) is 0 Å². The monoisotopic (exact) mass is 569 g/mol. The number of hydrogen-bond donors (Lipinski definition) is 5. The fourth-order valence-corrected chi connectivity index (χ4v) is 5.35. The molecule has 1 fully saturated rings. The molecule has 0 bridgehead atoms. The largest absolute Gasteiger partial charge is 0.446 e. The van der Waals surface area contributed by atoms with Crippen LogP contribution in [0.5, 0.6) is 0 Å². The number of fused-ring (bicyclic) bond motifs is 1. The molecule has 220 valence electrons. The average Bonchev–Trinajstić information content (AvgIpc) is 3.34. The first-order valence-electron chi connectivity index (χ1n) is 13.2. The van der Waals surface area contributed by atoms with Gasteiger partial charge in [-0.15, -0.1) is 0 Å². The summed E-state index contributed by atoms with van der Waals surface area (Å²) >= 11 is 0. The highest BCUT2D eigenvalue weighted by Gasteiger charge is 2.51. The van der Waals surface area contributed by atoms with Crippen molar-refractivity contribution >= 4 is 28.6 Å². The van der Waals surface area contributed by atoms with Gasteiger partial charge in [-0.25, -0.2) is 9.59 Å². The Morgan fingerprint density at radius 2 is 1.85 bits per heavy atom. The lowest BCUT2D eigenvalue weighted by Gasteiger charge is -2.46. The first kappa shape index (κ1) is 30.4. The molecule has 4 rings (SSSR count). The number of esters is 2. The number of aromatic nitrogens is 1. The molecule has 2 heterocycles. The highest BCUT2D eigenvalue weighted by atomic mass is 16.7. The van der Waals surface area contributed by atoms with Crippen LogP contribution in [0.3, 0.4) is 0 Å². The topological polar surface area (TPSA) is 176 Å². The first-order valence-corrected chi connectivity index (χ1v) is 13.2. The summed E-state index contributed by atoms with van der Waals surface area (Å²) in [6, 6.07) is 7.30. The van der Waals surface area contributed by atoms with Crippen molar-refractivity contribution in [2.75, 3.05) is 6.61 Å². The minimum absolute atomic E-state index is 0.102. The summed E-state index contributed by atoms with van der Waals surface area (Å²) in [7, 11) is 0. The Hall–Kier alpha value is -3.61. The number of nitrogens with one attached hydrogen (secondary N) is 1. The van der Waals surface area contributed by atoms with Gasteiger partial charge in [-0.1, -0.05) is 38.1 Å². The minimum Gasteiger partial charge on any atom is -0.446 e. The lowest BCUT2D eigenvalue weighted by Crippen LogP contribution is -2.59. The Bertz CT molecular complexity index is 1420. The van der Waals surface area contributed by atoms with Gasteiger partial charge >= 0.3 is 11.9 Å². The van der Waals surface area contributed by atoms with Gasteiger partial charge in [0, 0.05) is 35.0 Å². The number of aromatic amines is 1. The van der Waals surface area contributed by atoms with Crippen LogP contribution >= 0.6 is 0 Å². The van der Waals surface area contributed by atoms with Crippen LogP contribution in [-0.2, 0) is 23.8 Å². The van der Waals surface area contributed by atoms with Crippen molar-refractivity contribution in [3.63, 3.8) is 0 Å². The zero-order valence-electron chi connectivity index (χ0n) is 23.2. The van der Waals surface area contributed by atoms with Crippen molar-refractivity contribution in [3.05, 3.63) is 71.5 Å². The van der Waals surface area contributed by atoms with E-state index in [0.29, 0.717) is 22.1 Å². The molecular formula is C30H35NO10. The molecule has 5 N–H and O–H groups in total. The summed E-state index contributed by atoms with van der Waals surface area (Å²) in [5.74, 6) is -1.62. The molecule has 1 aliphatic heterocycles. The molecule has 1 aromatic carbocycles. The number of ether oxygens (including phenoxy) is 3. The molecule has 2 aromatic rings. The molecule has 11 nitrogen and oxygen atoms in total. The molecule has 1 aromatic heterocycles. The van der Waals surface area contributed by atoms with Gasteiger partial charge in [0.1, 0.15) is 24.4 Å². The number of carbonyl (C=O) groups is 3. The van der Waals surface area contributed by atoms with Gasteiger partial charge in [0.25, 0.3) is 0 Å². The number of allylic oxidation sites excluding steroid dienone is 3. The maximum Gasteiger partial charge on any atom is 0.341 e. The van der Waals surface area contributed by atoms with Gasteiger partial charge in [-0.05, 0) is 43.2 Å². The lowest BCUT2D eigenvalue weighted by atomic mass is 9.64. The predicted octanol–water partition coefficient (Wildman–Crippen LogP) is 1.85. The standard InChI is InChI=1S/C30H35NO10/c1-16(11-23(34)40-28-26(37)25(36)24(35)22(15-32)39-28)9-10-30(17(2)12-18(33)13-29(30,3)4)41-27(38)20-14-31-21-8-6-5-7-19(20)21/h5-12,14,22,24-26,28,31-32,35-37H,13,15H2,1-4H3/b10-9?,16-11-/t22-,24-,25+,26-,28?,30?/m1/s1. The molecule has 11 heteroatoms. The normalized spacial score (nSPS) is 30.3. The molecule has 6 atom stereocenters. The van der Waals surface area contributed by atoms with Crippen molar-refractivity contribution in [1.82, 2.24) is 4.98 Å². The molecule has 0 amide bonds. The summed E-state index contributed by atoms with van der Waals surface area (Å²) in [4.78, 5) is 41.6. The summed E-state index contributed by atoms with van der Waals surface area (Å²) < 4.78 is 16.5. The Balaban J connectivity index is 1.60. The van der Waals surface area contributed by atoms with E-state index in [1.807, 2.05) is 32.0 Å². The summed E-state index contributed by atoms with van der Waals surface area (Å²) in [5.41, 5.74) is -0.192. The average molecular weight is 570 g/mol. The SMILES string of the molecule is CC1=CC(=O)CC(C)(C)C1(C=C/C(C)=C\C(=O)OC1O[C@H](CO)[C@@H](O)[C@H](O)[C@H]1O)OC(=O)c1c[nH]c2ccccc12. The lowest BCUT2D eigenvalue weighted by molar-refractivity contribution is -0.291. The van der Waals surface area contributed by atoms with Crippen molar-refractivity contribution in [1.29, 1.82) is 0 Å². The van der Waals surface area contributed by atoms with Crippen molar-refractivity contribution in [2.24, 2.45) is 5.41 Å². The van der Waals surface area contributed by atoms with Crippen molar-refractivity contribution in [3.8, 4) is 0 Å². The van der Waals surface area contributed by atoms with E-state index in [2.05, 4.69) is 4.98 Å². The second-order valence-electron chi connectivity index (χ2n) is 11.1. The molecule has 2 aliphatic rings. The Labute approximate surface area is 236 Å². The number of hydrogen-bond acceptors (Lipinski definition) is 10. The van der Waals surface area contributed by atoms with E-state index in [-0.39, 0.29) is 12.2 Å².